The van der Waals surface area contributed by atoms with Crippen molar-refractivity contribution in [3.8, 4) is 0 Å². The number of benzene rings is 2. The first-order valence-electron chi connectivity index (χ1n) is 10.7. The number of hydrogen-bond donors (Lipinski definition) is 2. The Kier molecular flexibility index (Phi) is 6.13. The summed E-state index contributed by atoms with van der Waals surface area (Å²) in [5.74, 6) is 0.553. The Balaban J connectivity index is 1.32. The van der Waals surface area contributed by atoms with Crippen molar-refractivity contribution < 1.29 is 9.59 Å². The van der Waals surface area contributed by atoms with E-state index in [9.17, 15) is 9.59 Å². The number of hydrogen-bond acceptors (Lipinski definition) is 2. The Bertz CT molecular complexity index is 852. The van der Waals surface area contributed by atoms with Crippen LogP contribution < -0.4 is 10.6 Å². The van der Waals surface area contributed by atoms with Gasteiger partial charge in [-0.05, 0) is 61.3 Å². The number of rotatable bonds is 5. The summed E-state index contributed by atoms with van der Waals surface area (Å²) in [6, 6.07) is 17.8. The second-order valence-corrected chi connectivity index (χ2v) is 8.08. The lowest BCUT2D eigenvalue weighted by Crippen LogP contribution is -2.50. The molecule has 0 saturated carbocycles. The molecule has 1 fully saturated rings. The highest BCUT2D eigenvalue weighted by Crippen LogP contribution is 2.36. The van der Waals surface area contributed by atoms with Crippen LogP contribution in [0.1, 0.15) is 49.1 Å². The molecule has 5 heteroatoms. The Morgan fingerprint density at radius 1 is 0.966 bits per heavy atom. The molecule has 1 aliphatic carbocycles. The van der Waals surface area contributed by atoms with Gasteiger partial charge >= 0.3 is 6.03 Å². The summed E-state index contributed by atoms with van der Waals surface area (Å²) in [6.07, 6.45) is 5.78. The summed E-state index contributed by atoms with van der Waals surface area (Å²) in [6.45, 7) is 1.28. The molecule has 4 rings (SSSR count). The average molecular weight is 392 g/mol. The second-order valence-electron chi connectivity index (χ2n) is 8.08. The van der Waals surface area contributed by atoms with Gasteiger partial charge in [0.2, 0.25) is 5.91 Å². The average Bonchev–Trinajstić information content (AvgIpc) is 3.16. The lowest BCUT2D eigenvalue weighted by atomic mass is 9.95. The van der Waals surface area contributed by atoms with Crippen molar-refractivity contribution >= 4 is 17.6 Å². The number of carbonyl (C=O) groups excluding carboxylic acids is 2. The van der Waals surface area contributed by atoms with E-state index in [0.717, 1.165) is 44.3 Å². The van der Waals surface area contributed by atoms with Gasteiger partial charge in [0.25, 0.3) is 0 Å². The van der Waals surface area contributed by atoms with E-state index < -0.39 is 0 Å². The molecule has 1 saturated heterocycles. The number of carbonyl (C=O) groups is 2. The molecule has 2 unspecified atom stereocenters. The molecular weight excluding hydrogens is 362 g/mol. The van der Waals surface area contributed by atoms with Crippen LogP contribution in [-0.2, 0) is 11.2 Å². The molecule has 2 aromatic carbocycles. The lowest BCUT2D eigenvalue weighted by molar-refractivity contribution is -0.135. The molecular formula is C24H29N3O2. The molecule has 0 radical (unpaired) electrons. The Morgan fingerprint density at radius 2 is 1.76 bits per heavy atom. The van der Waals surface area contributed by atoms with Crippen LogP contribution >= 0.6 is 0 Å². The van der Waals surface area contributed by atoms with E-state index in [4.69, 9.17) is 0 Å². The first-order valence-corrected chi connectivity index (χ1v) is 10.7. The summed E-state index contributed by atoms with van der Waals surface area (Å²) in [4.78, 5) is 27.3. The van der Waals surface area contributed by atoms with Crippen LogP contribution in [0.25, 0.3) is 0 Å². The third kappa shape index (κ3) is 4.78. The normalized spacial score (nSPS) is 20.8. The predicted molar refractivity (Wildman–Crippen MR) is 115 cm³/mol. The summed E-state index contributed by atoms with van der Waals surface area (Å²) < 4.78 is 0. The Labute approximate surface area is 172 Å². The van der Waals surface area contributed by atoms with Crippen LogP contribution in [0, 0.1) is 0 Å². The number of fused-ring (bicyclic) bond motifs is 1. The SMILES string of the molecule is O=C(NCC1CCCCN1C(=O)CC1CCc2ccccc21)Nc1ccccc1. The van der Waals surface area contributed by atoms with Crippen molar-refractivity contribution in [1.82, 2.24) is 10.2 Å². The molecule has 1 aliphatic heterocycles. The minimum absolute atomic E-state index is 0.0782. The quantitative estimate of drug-likeness (QED) is 0.798. The molecule has 29 heavy (non-hydrogen) atoms. The largest absolute Gasteiger partial charge is 0.338 e. The molecule has 2 atom stereocenters. The van der Waals surface area contributed by atoms with Crippen molar-refractivity contribution in [3.63, 3.8) is 0 Å². The topological polar surface area (TPSA) is 61.4 Å². The highest BCUT2D eigenvalue weighted by Gasteiger charge is 2.31. The van der Waals surface area contributed by atoms with E-state index >= 15 is 0 Å². The van der Waals surface area contributed by atoms with Crippen molar-refractivity contribution in [1.29, 1.82) is 0 Å². The zero-order chi connectivity index (χ0) is 20.1. The van der Waals surface area contributed by atoms with Gasteiger partial charge in [-0.15, -0.1) is 0 Å². The van der Waals surface area contributed by atoms with E-state index in [0.29, 0.717) is 18.9 Å². The third-order valence-corrected chi connectivity index (χ3v) is 6.16. The third-order valence-electron chi connectivity index (χ3n) is 6.16. The molecule has 5 nitrogen and oxygen atoms in total. The molecule has 152 valence electrons. The van der Waals surface area contributed by atoms with Gasteiger partial charge in [-0.25, -0.2) is 4.79 Å². The van der Waals surface area contributed by atoms with Gasteiger partial charge < -0.3 is 15.5 Å². The second kappa shape index (κ2) is 9.12. The number of para-hydroxylation sites is 1. The minimum atomic E-state index is -0.223. The number of nitrogens with zero attached hydrogens (tertiary/aromatic N) is 1. The number of aryl methyl sites for hydroxylation is 1. The number of likely N-dealkylation sites (tertiary alicyclic amines) is 1. The van der Waals surface area contributed by atoms with Gasteiger partial charge in [0.1, 0.15) is 0 Å². The fourth-order valence-corrected chi connectivity index (χ4v) is 4.63. The predicted octanol–water partition coefficient (Wildman–Crippen LogP) is 4.31. The summed E-state index contributed by atoms with van der Waals surface area (Å²) in [5, 5.41) is 5.79. The molecule has 2 aliphatic rings. The number of nitrogens with one attached hydrogen (secondary N) is 2. The maximum Gasteiger partial charge on any atom is 0.319 e. The molecule has 1 heterocycles. The van der Waals surface area contributed by atoms with E-state index in [1.165, 1.54) is 11.1 Å². The first kappa shape index (κ1) is 19.5. The molecule has 0 aromatic heterocycles. The highest BCUT2D eigenvalue weighted by atomic mass is 16.2. The van der Waals surface area contributed by atoms with Crippen LogP contribution in [0.3, 0.4) is 0 Å². The summed E-state index contributed by atoms with van der Waals surface area (Å²) in [5.41, 5.74) is 3.50. The number of anilines is 1. The van der Waals surface area contributed by atoms with Crippen molar-refractivity contribution in [2.24, 2.45) is 0 Å². The minimum Gasteiger partial charge on any atom is -0.338 e. The standard InChI is InChI=1S/C24H29N3O2/c28-23(16-19-14-13-18-8-4-5-12-22(18)19)27-15-7-6-11-21(27)17-25-24(29)26-20-9-2-1-3-10-20/h1-5,8-10,12,19,21H,6-7,11,13-17H2,(H2,25,26,29). The van der Waals surface area contributed by atoms with Crippen LogP contribution in [0.4, 0.5) is 10.5 Å². The van der Waals surface area contributed by atoms with E-state index in [2.05, 4.69) is 34.9 Å². The number of piperidine rings is 1. The van der Waals surface area contributed by atoms with E-state index in [1.807, 2.05) is 35.2 Å². The van der Waals surface area contributed by atoms with Crippen molar-refractivity contribution in [3.05, 3.63) is 65.7 Å². The number of urea groups is 1. The lowest BCUT2D eigenvalue weighted by Gasteiger charge is -2.36. The monoisotopic (exact) mass is 391 g/mol. The molecule has 0 spiro atoms. The van der Waals surface area contributed by atoms with Crippen LogP contribution in [0.2, 0.25) is 0 Å². The summed E-state index contributed by atoms with van der Waals surface area (Å²) in [7, 11) is 0. The fourth-order valence-electron chi connectivity index (χ4n) is 4.63. The zero-order valence-electron chi connectivity index (χ0n) is 16.8. The maximum atomic E-state index is 13.1. The maximum absolute atomic E-state index is 13.1. The van der Waals surface area contributed by atoms with Crippen molar-refractivity contribution in [2.75, 3.05) is 18.4 Å². The Morgan fingerprint density at radius 3 is 2.62 bits per heavy atom. The van der Waals surface area contributed by atoms with E-state index in [-0.39, 0.29) is 18.0 Å². The Hall–Kier alpha value is -2.82. The molecule has 2 aromatic rings. The van der Waals surface area contributed by atoms with Gasteiger partial charge in [0.15, 0.2) is 0 Å². The first-order chi connectivity index (χ1) is 14.2. The summed E-state index contributed by atoms with van der Waals surface area (Å²) >= 11 is 0. The highest BCUT2D eigenvalue weighted by molar-refractivity contribution is 5.89. The van der Waals surface area contributed by atoms with Gasteiger partial charge in [-0.3, -0.25) is 4.79 Å². The van der Waals surface area contributed by atoms with Gasteiger partial charge in [-0.2, -0.15) is 0 Å². The molecule has 3 amide bonds. The van der Waals surface area contributed by atoms with Gasteiger partial charge in [0.05, 0.1) is 0 Å². The fraction of sp³-hybridized carbons (Fsp3) is 0.417. The van der Waals surface area contributed by atoms with Crippen LogP contribution in [0.5, 0.6) is 0 Å². The molecule has 2 N–H and O–H groups in total. The zero-order valence-corrected chi connectivity index (χ0v) is 16.8. The van der Waals surface area contributed by atoms with Gasteiger partial charge in [-0.1, -0.05) is 42.5 Å². The number of amides is 3. The van der Waals surface area contributed by atoms with Crippen molar-refractivity contribution in [2.45, 2.75) is 50.5 Å². The molecule has 0 bridgehead atoms. The van der Waals surface area contributed by atoms with Crippen LogP contribution in [-0.4, -0.2) is 36.0 Å². The van der Waals surface area contributed by atoms with E-state index in [1.54, 1.807) is 0 Å². The smallest absolute Gasteiger partial charge is 0.319 e. The van der Waals surface area contributed by atoms with Gasteiger partial charge in [0, 0.05) is 31.2 Å². The van der Waals surface area contributed by atoms with Crippen LogP contribution in [0.15, 0.2) is 54.6 Å².